The Morgan fingerprint density at radius 1 is 1.19 bits per heavy atom. The van der Waals surface area contributed by atoms with E-state index in [1.807, 2.05) is 0 Å². The van der Waals surface area contributed by atoms with Crippen LogP contribution in [0.15, 0.2) is 28.2 Å². The van der Waals surface area contributed by atoms with Gasteiger partial charge in [-0.25, -0.2) is 4.98 Å². The van der Waals surface area contributed by atoms with Crippen LogP contribution in [0.1, 0.15) is 65.8 Å². The van der Waals surface area contributed by atoms with Crippen molar-refractivity contribution in [2.45, 2.75) is 69.0 Å². The van der Waals surface area contributed by atoms with Crippen LogP contribution in [0, 0.1) is 5.92 Å². The van der Waals surface area contributed by atoms with E-state index in [0.717, 1.165) is 12.1 Å². The van der Waals surface area contributed by atoms with Crippen molar-refractivity contribution in [3.63, 3.8) is 0 Å². The number of aromatic nitrogens is 2. The average molecular weight is 543 g/mol. The Kier molecular flexibility index (Phi) is 7.43. The SMILES string of the molecule is CNC(=O)C1CCC(n2c(S)nc3c(c2=O)C[C@@H](C)N(C(=O)c2ccc(Cl)c(C(F)(F)F)c2)C3)CC1. The van der Waals surface area contributed by atoms with E-state index in [1.54, 1.807) is 18.5 Å². The Hall–Kier alpha value is -2.53. The normalized spacial score (nSPS) is 22.2. The van der Waals surface area contributed by atoms with Gasteiger partial charge in [-0.3, -0.25) is 19.0 Å². The molecule has 36 heavy (non-hydrogen) atoms. The third kappa shape index (κ3) is 5.00. The first-order chi connectivity index (χ1) is 16.9. The van der Waals surface area contributed by atoms with Crippen LogP contribution in [0.25, 0.3) is 0 Å². The predicted molar refractivity (Wildman–Crippen MR) is 130 cm³/mol. The summed E-state index contributed by atoms with van der Waals surface area (Å²) in [6, 6.07) is 2.49. The van der Waals surface area contributed by atoms with Gasteiger partial charge in [0.05, 0.1) is 22.8 Å². The molecule has 2 amide bonds. The molecular weight excluding hydrogens is 517 g/mol. The number of carbonyl (C=O) groups excluding carboxylic acids is 2. The largest absolute Gasteiger partial charge is 0.417 e. The van der Waals surface area contributed by atoms with E-state index in [-0.39, 0.29) is 47.1 Å². The summed E-state index contributed by atoms with van der Waals surface area (Å²) in [7, 11) is 1.61. The molecule has 0 radical (unpaired) electrons. The van der Waals surface area contributed by atoms with E-state index >= 15 is 0 Å². The first kappa shape index (κ1) is 26.5. The lowest BCUT2D eigenvalue weighted by molar-refractivity contribution is -0.137. The van der Waals surface area contributed by atoms with Gasteiger partial charge < -0.3 is 10.2 Å². The number of nitrogens with one attached hydrogen (secondary N) is 1. The fraction of sp³-hybridized carbons (Fsp3) is 0.500. The molecule has 1 atom stereocenters. The van der Waals surface area contributed by atoms with Gasteiger partial charge in [0.15, 0.2) is 5.16 Å². The van der Waals surface area contributed by atoms with Gasteiger partial charge in [-0.2, -0.15) is 13.2 Å². The van der Waals surface area contributed by atoms with E-state index in [4.69, 9.17) is 11.6 Å². The number of rotatable bonds is 3. The number of carbonyl (C=O) groups is 2. The van der Waals surface area contributed by atoms with Gasteiger partial charge in [0, 0.05) is 36.2 Å². The maximum Gasteiger partial charge on any atom is 0.417 e. The second kappa shape index (κ2) is 10.1. The van der Waals surface area contributed by atoms with E-state index in [9.17, 15) is 27.6 Å². The minimum Gasteiger partial charge on any atom is -0.359 e. The van der Waals surface area contributed by atoms with Gasteiger partial charge >= 0.3 is 6.18 Å². The smallest absolute Gasteiger partial charge is 0.359 e. The molecule has 4 rings (SSSR count). The van der Waals surface area contributed by atoms with E-state index in [0.29, 0.717) is 36.9 Å². The van der Waals surface area contributed by atoms with Crippen LogP contribution < -0.4 is 10.9 Å². The molecule has 0 spiro atoms. The Labute approximate surface area is 216 Å². The monoisotopic (exact) mass is 542 g/mol. The van der Waals surface area contributed by atoms with Gasteiger partial charge in [0.2, 0.25) is 5.91 Å². The lowest BCUT2D eigenvalue weighted by atomic mass is 9.85. The van der Waals surface area contributed by atoms with Crippen molar-refractivity contribution < 1.29 is 22.8 Å². The molecule has 2 heterocycles. The summed E-state index contributed by atoms with van der Waals surface area (Å²) in [5.41, 5.74) is -0.584. The molecule has 12 heteroatoms. The quantitative estimate of drug-likeness (QED) is 0.448. The second-order valence-electron chi connectivity index (χ2n) is 9.31. The Morgan fingerprint density at radius 3 is 2.47 bits per heavy atom. The Morgan fingerprint density at radius 2 is 1.86 bits per heavy atom. The first-order valence-electron chi connectivity index (χ1n) is 11.6. The molecule has 0 unspecified atom stereocenters. The van der Waals surface area contributed by atoms with Crippen molar-refractivity contribution in [3.05, 3.63) is 56.0 Å². The van der Waals surface area contributed by atoms with E-state index in [2.05, 4.69) is 22.9 Å². The number of hydrogen-bond acceptors (Lipinski definition) is 5. The number of amides is 2. The van der Waals surface area contributed by atoms with Gasteiger partial charge in [-0.05, 0) is 57.2 Å². The molecule has 194 valence electrons. The van der Waals surface area contributed by atoms with Gasteiger partial charge in [-0.15, -0.1) is 12.6 Å². The molecule has 2 aliphatic rings. The van der Waals surface area contributed by atoms with Crippen LogP contribution in [0.3, 0.4) is 0 Å². The molecule has 1 aromatic heterocycles. The van der Waals surface area contributed by atoms with Gasteiger partial charge in [0.25, 0.3) is 11.5 Å². The zero-order valence-electron chi connectivity index (χ0n) is 19.7. The van der Waals surface area contributed by atoms with Gasteiger partial charge in [-0.1, -0.05) is 11.6 Å². The number of fused-ring (bicyclic) bond motifs is 1. The van der Waals surface area contributed by atoms with Crippen LogP contribution in [-0.2, 0) is 23.9 Å². The standard InChI is InChI=1S/C24H26ClF3N4O3S/c1-12-9-16-19(11-31(12)21(34)14-5-8-18(25)17(10-14)24(26,27)28)30-23(36)32(22(16)35)15-6-3-13(4-7-15)20(33)29-2/h5,8,10,12-13,15H,3-4,6-7,9,11H2,1-2H3,(H,29,33)(H,30,36)/t12-,13?,15?/m1/s1. The first-order valence-corrected chi connectivity index (χ1v) is 12.5. The lowest BCUT2D eigenvalue weighted by Crippen LogP contribution is -2.46. The Bertz CT molecular complexity index is 1260. The summed E-state index contributed by atoms with van der Waals surface area (Å²) in [5, 5.41) is 2.40. The summed E-state index contributed by atoms with van der Waals surface area (Å²) < 4.78 is 41.4. The van der Waals surface area contributed by atoms with Crippen LogP contribution in [0.2, 0.25) is 5.02 Å². The number of thiol groups is 1. The molecule has 1 aromatic carbocycles. The minimum absolute atomic E-state index is 0.00270. The molecule has 1 aliphatic carbocycles. The maximum atomic E-state index is 13.4. The van der Waals surface area contributed by atoms with Crippen molar-refractivity contribution in [1.29, 1.82) is 0 Å². The fourth-order valence-corrected chi connectivity index (χ4v) is 5.70. The zero-order valence-corrected chi connectivity index (χ0v) is 21.4. The number of halogens is 4. The molecule has 2 aromatic rings. The van der Waals surface area contributed by atoms with Crippen LogP contribution in [0.4, 0.5) is 13.2 Å². The average Bonchev–Trinajstić information content (AvgIpc) is 2.83. The summed E-state index contributed by atoms with van der Waals surface area (Å²) in [5.74, 6) is -0.687. The third-order valence-electron chi connectivity index (χ3n) is 7.09. The van der Waals surface area contributed by atoms with E-state index < -0.39 is 28.7 Å². The van der Waals surface area contributed by atoms with Crippen LogP contribution in [0.5, 0.6) is 0 Å². The zero-order chi connectivity index (χ0) is 26.4. The summed E-state index contributed by atoms with van der Waals surface area (Å²) in [6.07, 6.45) is -1.88. The topological polar surface area (TPSA) is 84.3 Å². The van der Waals surface area contributed by atoms with Crippen molar-refractivity contribution in [1.82, 2.24) is 19.8 Å². The molecule has 0 saturated heterocycles. The lowest BCUT2D eigenvalue weighted by Gasteiger charge is -2.35. The van der Waals surface area contributed by atoms with Crippen molar-refractivity contribution in [3.8, 4) is 0 Å². The predicted octanol–water partition coefficient (Wildman–Crippen LogP) is 4.27. The molecule has 1 saturated carbocycles. The highest BCUT2D eigenvalue weighted by Gasteiger charge is 2.36. The van der Waals surface area contributed by atoms with Crippen LogP contribution in [-0.4, -0.2) is 39.4 Å². The molecule has 1 N–H and O–H groups in total. The molecule has 1 aliphatic heterocycles. The summed E-state index contributed by atoms with van der Waals surface area (Å²) in [4.78, 5) is 44.5. The minimum atomic E-state index is -4.69. The fourth-order valence-electron chi connectivity index (χ4n) is 5.10. The van der Waals surface area contributed by atoms with Gasteiger partial charge in [0.1, 0.15) is 0 Å². The molecule has 0 bridgehead atoms. The number of nitrogens with zero attached hydrogens (tertiary/aromatic N) is 3. The van der Waals surface area contributed by atoms with Crippen molar-refractivity contribution in [2.24, 2.45) is 5.92 Å². The summed E-state index contributed by atoms with van der Waals surface area (Å²) in [6.45, 7) is 1.72. The maximum absolute atomic E-state index is 13.4. The second-order valence-corrected chi connectivity index (χ2v) is 10.1. The molecule has 7 nitrogen and oxygen atoms in total. The Balaban J connectivity index is 1.59. The number of alkyl halides is 3. The number of benzene rings is 1. The van der Waals surface area contributed by atoms with Crippen molar-refractivity contribution >= 4 is 36.0 Å². The van der Waals surface area contributed by atoms with Crippen molar-refractivity contribution in [2.75, 3.05) is 7.05 Å². The third-order valence-corrected chi connectivity index (χ3v) is 7.73. The van der Waals surface area contributed by atoms with Crippen LogP contribution >= 0.6 is 24.2 Å². The molecule has 1 fully saturated rings. The highest BCUT2D eigenvalue weighted by atomic mass is 35.5. The van der Waals surface area contributed by atoms with E-state index in [1.165, 1.54) is 11.0 Å². The number of hydrogen-bond donors (Lipinski definition) is 2. The molecular formula is C24H26ClF3N4O3S. The highest BCUT2D eigenvalue weighted by molar-refractivity contribution is 7.80. The highest BCUT2D eigenvalue weighted by Crippen LogP contribution is 2.36. The summed E-state index contributed by atoms with van der Waals surface area (Å²) >= 11 is 10.1.